The van der Waals surface area contributed by atoms with Gasteiger partial charge in [0.15, 0.2) is 0 Å². The summed E-state index contributed by atoms with van der Waals surface area (Å²) < 4.78 is 0. The fourth-order valence-corrected chi connectivity index (χ4v) is 2.29. The van der Waals surface area contributed by atoms with Crippen molar-refractivity contribution in [1.29, 1.82) is 0 Å². The van der Waals surface area contributed by atoms with Gasteiger partial charge in [0, 0.05) is 18.3 Å². The second kappa shape index (κ2) is 4.47. The van der Waals surface area contributed by atoms with E-state index in [-0.39, 0.29) is 0 Å². The topological polar surface area (TPSA) is 71.2 Å². The van der Waals surface area contributed by atoms with Gasteiger partial charge in [-0.25, -0.2) is 4.98 Å². The Hall–Kier alpha value is -1.00. The van der Waals surface area contributed by atoms with Gasteiger partial charge in [-0.1, -0.05) is 24.4 Å². The summed E-state index contributed by atoms with van der Waals surface area (Å²) in [5, 5.41) is 13.6. The van der Waals surface area contributed by atoms with Crippen LogP contribution in [0.3, 0.4) is 0 Å². The van der Waals surface area contributed by atoms with Crippen molar-refractivity contribution in [3.63, 3.8) is 0 Å². The largest absolute Gasteiger partial charge is 0.399 e. The number of nitrogens with zero attached hydrogens (tertiary/aromatic N) is 1. The summed E-state index contributed by atoms with van der Waals surface area (Å²) in [6.07, 6.45) is 3.86. The van der Waals surface area contributed by atoms with Crippen molar-refractivity contribution >= 4 is 23.1 Å². The summed E-state index contributed by atoms with van der Waals surface area (Å²) in [7, 11) is 0. The molecule has 0 aromatic carbocycles. The minimum Gasteiger partial charge on any atom is -0.399 e. The van der Waals surface area contributed by atoms with E-state index in [9.17, 15) is 5.11 Å². The number of hydrogen-bond acceptors (Lipinski definition) is 4. The van der Waals surface area contributed by atoms with Crippen LogP contribution in [0.15, 0.2) is 12.1 Å². The first-order valence-electron chi connectivity index (χ1n) is 5.47. The molecular formula is C11H16ClN3O. The molecule has 1 aliphatic carbocycles. The van der Waals surface area contributed by atoms with Gasteiger partial charge in [-0.05, 0) is 18.9 Å². The Kier molecular flexibility index (Phi) is 3.21. The molecule has 2 rings (SSSR count). The molecule has 1 saturated carbocycles. The molecule has 1 fully saturated rings. The summed E-state index contributed by atoms with van der Waals surface area (Å²) in [5.41, 5.74) is 5.62. The van der Waals surface area contributed by atoms with Crippen molar-refractivity contribution in [3.8, 4) is 0 Å². The van der Waals surface area contributed by atoms with Crippen LogP contribution in [-0.4, -0.2) is 22.2 Å². The zero-order valence-corrected chi connectivity index (χ0v) is 9.80. The number of hydrogen-bond donors (Lipinski definition) is 3. The number of aromatic nitrogens is 1. The van der Waals surface area contributed by atoms with Gasteiger partial charge < -0.3 is 16.2 Å². The van der Waals surface area contributed by atoms with E-state index in [0.717, 1.165) is 25.7 Å². The van der Waals surface area contributed by atoms with Crippen LogP contribution in [0.25, 0.3) is 0 Å². The van der Waals surface area contributed by atoms with Gasteiger partial charge >= 0.3 is 0 Å². The number of nitrogen functional groups attached to an aromatic ring is 1. The van der Waals surface area contributed by atoms with Gasteiger partial charge in [0.25, 0.3) is 0 Å². The Morgan fingerprint density at radius 2 is 2.12 bits per heavy atom. The second-order valence-electron chi connectivity index (χ2n) is 4.39. The summed E-state index contributed by atoms with van der Waals surface area (Å²) >= 11 is 5.79. The molecule has 0 aliphatic heterocycles. The molecule has 4 nitrogen and oxygen atoms in total. The van der Waals surface area contributed by atoms with Crippen LogP contribution in [0.2, 0.25) is 5.15 Å². The molecule has 1 heterocycles. The predicted octanol–water partition coefficient (Wildman–Crippen LogP) is 2.03. The first-order valence-corrected chi connectivity index (χ1v) is 5.85. The molecule has 0 bridgehead atoms. The monoisotopic (exact) mass is 241 g/mol. The number of nitrogens with one attached hydrogen (secondary N) is 1. The van der Waals surface area contributed by atoms with E-state index in [2.05, 4.69) is 10.3 Å². The maximum atomic E-state index is 10.1. The van der Waals surface area contributed by atoms with E-state index in [0.29, 0.717) is 23.2 Å². The maximum absolute atomic E-state index is 10.1. The zero-order valence-electron chi connectivity index (χ0n) is 9.04. The molecular weight excluding hydrogens is 226 g/mol. The quantitative estimate of drug-likeness (QED) is 0.709. The van der Waals surface area contributed by atoms with Gasteiger partial charge in [-0.3, -0.25) is 0 Å². The molecule has 0 radical (unpaired) electrons. The Morgan fingerprint density at radius 3 is 2.75 bits per heavy atom. The molecule has 0 amide bonds. The minimum atomic E-state index is -0.598. The van der Waals surface area contributed by atoms with Gasteiger partial charge in [0.2, 0.25) is 0 Å². The molecule has 0 saturated heterocycles. The second-order valence-corrected chi connectivity index (χ2v) is 4.78. The summed E-state index contributed by atoms with van der Waals surface area (Å²) in [5.74, 6) is 0.616. The molecule has 0 unspecified atom stereocenters. The van der Waals surface area contributed by atoms with Crippen molar-refractivity contribution in [2.24, 2.45) is 0 Å². The molecule has 1 aliphatic rings. The number of halogens is 1. The van der Waals surface area contributed by atoms with Crippen LogP contribution in [0, 0.1) is 0 Å². The average molecular weight is 242 g/mol. The van der Waals surface area contributed by atoms with E-state index in [1.165, 1.54) is 0 Å². The number of anilines is 2. The number of pyridine rings is 1. The molecule has 0 atom stereocenters. The highest BCUT2D eigenvalue weighted by molar-refractivity contribution is 6.29. The van der Waals surface area contributed by atoms with Crippen molar-refractivity contribution in [1.82, 2.24) is 4.98 Å². The van der Waals surface area contributed by atoms with Crippen LogP contribution in [0.5, 0.6) is 0 Å². The van der Waals surface area contributed by atoms with Crippen molar-refractivity contribution in [2.75, 3.05) is 17.6 Å². The van der Waals surface area contributed by atoms with Gasteiger partial charge in [0.05, 0.1) is 5.60 Å². The standard InChI is InChI=1S/C11H16ClN3O/c12-9-5-8(13)6-10(15-9)14-7-11(16)3-1-2-4-11/h5-6,16H,1-4,7H2,(H3,13,14,15). The highest BCUT2D eigenvalue weighted by atomic mass is 35.5. The predicted molar refractivity (Wildman–Crippen MR) is 65.6 cm³/mol. The van der Waals surface area contributed by atoms with Crippen LogP contribution in [-0.2, 0) is 0 Å². The van der Waals surface area contributed by atoms with Gasteiger partial charge in [0.1, 0.15) is 11.0 Å². The lowest BCUT2D eigenvalue weighted by Crippen LogP contribution is -2.33. The number of rotatable bonds is 3. The van der Waals surface area contributed by atoms with Crippen LogP contribution >= 0.6 is 11.6 Å². The Morgan fingerprint density at radius 1 is 1.44 bits per heavy atom. The van der Waals surface area contributed by atoms with E-state index >= 15 is 0 Å². The van der Waals surface area contributed by atoms with Crippen molar-refractivity contribution in [2.45, 2.75) is 31.3 Å². The van der Waals surface area contributed by atoms with Crippen molar-refractivity contribution < 1.29 is 5.11 Å². The Balaban J connectivity index is 1.98. The highest BCUT2D eigenvalue weighted by Gasteiger charge is 2.30. The first kappa shape index (κ1) is 11.5. The Labute approximate surface area is 99.8 Å². The van der Waals surface area contributed by atoms with Crippen LogP contribution in [0.1, 0.15) is 25.7 Å². The molecule has 1 aromatic rings. The van der Waals surface area contributed by atoms with E-state index in [4.69, 9.17) is 17.3 Å². The van der Waals surface area contributed by atoms with Crippen LogP contribution in [0.4, 0.5) is 11.5 Å². The summed E-state index contributed by atoms with van der Waals surface area (Å²) in [6, 6.07) is 3.31. The minimum absolute atomic E-state index is 0.362. The Bertz CT molecular complexity index is 357. The maximum Gasteiger partial charge on any atom is 0.133 e. The fourth-order valence-electron chi connectivity index (χ4n) is 2.07. The molecule has 88 valence electrons. The third kappa shape index (κ3) is 2.77. The first-order chi connectivity index (χ1) is 7.57. The molecule has 4 N–H and O–H groups in total. The third-order valence-electron chi connectivity index (χ3n) is 2.95. The zero-order chi connectivity index (χ0) is 11.6. The van der Waals surface area contributed by atoms with Gasteiger partial charge in [-0.15, -0.1) is 0 Å². The van der Waals surface area contributed by atoms with E-state index in [1.807, 2.05) is 0 Å². The summed E-state index contributed by atoms with van der Waals surface area (Å²) in [6.45, 7) is 0.500. The lowest BCUT2D eigenvalue weighted by molar-refractivity contribution is 0.0614. The van der Waals surface area contributed by atoms with Crippen LogP contribution < -0.4 is 11.1 Å². The average Bonchev–Trinajstić information content (AvgIpc) is 2.62. The summed E-state index contributed by atoms with van der Waals surface area (Å²) in [4.78, 5) is 4.09. The molecule has 16 heavy (non-hydrogen) atoms. The van der Waals surface area contributed by atoms with E-state index < -0.39 is 5.60 Å². The SMILES string of the molecule is Nc1cc(Cl)nc(NCC2(O)CCCC2)c1. The molecule has 5 heteroatoms. The van der Waals surface area contributed by atoms with E-state index in [1.54, 1.807) is 12.1 Å². The molecule has 0 spiro atoms. The van der Waals surface area contributed by atoms with Crippen molar-refractivity contribution in [3.05, 3.63) is 17.3 Å². The lowest BCUT2D eigenvalue weighted by Gasteiger charge is -2.22. The van der Waals surface area contributed by atoms with Gasteiger partial charge in [-0.2, -0.15) is 0 Å². The fraction of sp³-hybridized carbons (Fsp3) is 0.545. The molecule has 1 aromatic heterocycles. The normalized spacial score (nSPS) is 18.6. The highest BCUT2D eigenvalue weighted by Crippen LogP contribution is 2.29. The number of nitrogens with two attached hydrogens (primary N) is 1. The number of aliphatic hydroxyl groups is 1. The third-order valence-corrected chi connectivity index (χ3v) is 3.14. The lowest BCUT2D eigenvalue weighted by atomic mass is 10.0. The smallest absolute Gasteiger partial charge is 0.133 e.